The Morgan fingerprint density at radius 1 is 1.18 bits per heavy atom. The van der Waals surface area contributed by atoms with Gasteiger partial charge in [0.15, 0.2) is 0 Å². The number of para-hydroxylation sites is 1. The van der Waals surface area contributed by atoms with Crippen molar-refractivity contribution in [2.45, 2.75) is 39.3 Å². The third-order valence-electron chi connectivity index (χ3n) is 3.68. The van der Waals surface area contributed by atoms with Crippen LogP contribution in [0.1, 0.15) is 26.2 Å². The van der Waals surface area contributed by atoms with Crippen molar-refractivity contribution in [1.82, 2.24) is 0 Å². The fourth-order valence-electron chi connectivity index (χ4n) is 2.41. The SMILES string of the molecule is CCCCOc1ccccc1[Si](C)(C)C1=[C-]CC=C1.[Cl-].[Cl-].[Ti+3]. The van der Waals surface area contributed by atoms with Crippen molar-refractivity contribution in [2.75, 3.05) is 6.61 Å². The minimum absolute atomic E-state index is 0. The maximum Gasteiger partial charge on any atom is 3.00 e. The van der Waals surface area contributed by atoms with Gasteiger partial charge in [0.05, 0.1) is 14.7 Å². The molecule has 0 saturated heterocycles. The summed E-state index contributed by atoms with van der Waals surface area (Å²) in [5, 5.41) is 2.79. The quantitative estimate of drug-likeness (QED) is 0.311. The van der Waals surface area contributed by atoms with E-state index in [-0.39, 0.29) is 46.5 Å². The second-order valence-corrected chi connectivity index (χ2v) is 9.85. The Morgan fingerprint density at radius 3 is 2.45 bits per heavy atom. The van der Waals surface area contributed by atoms with Crippen molar-refractivity contribution in [3.63, 3.8) is 0 Å². The Balaban J connectivity index is 0. The first-order valence-corrected chi connectivity index (χ1v) is 10.2. The molecule has 1 aliphatic rings. The van der Waals surface area contributed by atoms with E-state index in [0.29, 0.717) is 0 Å². The number of halogens is 2. The van der Waals surface area contributed by atoms with Crippen molar-refractivity contribution < 1.29 is 51.3 Å². The molecule has 0 heterocycles. The van der Waals surface area contributed by atoms with Crippen LogP contribution in [-0.4, -0.2) is 14.7 Å². The third-order valence-corrected chi connectivity index (χ3v) is 7.13. The van der Waals surface area contributed by atoms with Crippen LogP contribution in [-0.2, 0) is 21.7 Å². The van der Waals surface area contributed by atoms with E-state index in [9.17, 15) is 0 Å². The Hall–Kier alpha value is 0.0112. The van der Waals surface area contributed by atoms with Gasteiger partial charge >= 0.3 is 21.7 Å². The summed E-state index contributed by atoms with van der Waals surface area (Å²) in [7, 11) is -1.66. The summed E-state index contributed by atoms with van der Waals surface area (Å²) in [5.74, 6) is 1.07. The number of allylic oxidation sites excluding steroid dienone is 4. The number of unbranched alkanes of at least 4 members (excludes halogenated alkanes) is 1. The van der Waals surface area contributed by atoms with Crippen LogP contribution in [0.25, 0.3) is 0 Å². The van der Waals surface area contributed by atoms with E-state index in [1.165, 1.54) is 16.8 Å². The molecule has 1 aliphatic carbocycles. The molecule has 0 aromatic heterocycles. The zero-order chi connectivity index (χ0) is 13.7. The summed E-state index contributed by atoms with van der Waals surface area (Å²) in [6.45, 7) is 7.77. The number of benzene rings is 1. The van der Waals surface area contributed by atoms with E-state index < -0.39 is 8.07 Å². The largest absolute Gasteiger partial charge is 3.00 e. The van der Waals surface area contributed by atoms with Gasteiger partial charge in [-0.2, -0.15) is 6.08 Å². The fourth-order valence-corrected chi connectivity index (χ4v) is 5.07. The van der Waals surface area contributed by atoms with Gasteiger partial charge in [-0.05, 0) is 17.7 Å². The molecule has 1 nitrogen and oxygen atoms in total. The summed E-state index contributed by atoms with van der Waals surface area (Å²) in [6.07, 6.45) is 11.2. The molecule has 22 heavy (non-hydrogen) atoms. The Morgan fingerprint density at radius 2 is 1.86 bits per heavy atom. The average molecular weight is 390 g/mol. The number of hydrogen-bond donors (Lipinski definition) is 0. The van der Waals surface area contributed by atoms with Crippen molar-refractivity contribution in [2.24, 2.45) is 0 Å². The molecule has 0 spiro atoms. The fraction of sp³-hybridized carbons (Fsp3) is 0.412. The number of rotatable bonds is 6. The topological polar surface area (TPSA) is 9.23 Å². The van der Waals surface area contributed by atoms with Gasteiger partial charge in [-0.25, -0.2) is 11.3 Å². The first kappa shape index (κ1) is 24.3. The van der Waals surface area contributed by atoms with Gasteiger partial charge in [-0.15, -0.1) is 6.42 Å². The van der Waals surface area contributed by atoms with Crippen molar-refractivity contribution in [3.8, 4) is 5.75 Å². The van der Waals surface area contributed by atoms with Crippen LogP contribution >= 0.6 is 0 Å². The van der Waals surface area contributed by atoms with E-state index in [2.05, 4.69) is 62.5 Å². The van der Waals surface area contributed by atoms with E-state index in [4.69, 9.17) is 4.74 Å². The van der Waals surface area contributed by atoms with Crippen molar-refractivity contribution in [3.05, 3.63) is 47.7 Å². The molecule has 1 aromatic carbocycles. The smallest absolute Gasteiger partial charge is 1.00 e. The first-order valence-electron chi connectivity index (χ1n) is 7.16. The summed E-state index contributed by atoms with van der Waals surface area (Å²) >= 11 is 0. The van der Waals surface area contributed by atoms with Crippen molar-refractivity contribution in [1.29, 1.82) is 0 Å². The van der Waals surface area contributed by atoms with Crippen molar-refractivity contribution >= 4 is 13.3 Å². The molecule has 0 bridgehead atoms. The number of hydrogen-bond acceptors (Lipinski definition) is 1. The molecule has 2 rings (SSSR count). The molecule has 0 amide bonds. The van der Waals surface area contributed by atoms with Crippen LogP contribution in [0.4, 0.5) is 0 Å². The molecule has 119 valence electrons. The summed E-state index contributed by atoms with van der Waals surface area (Å²) in [6, 6.07) is 8.53. The molecule has 5 heteroatoms. The van der Waals surface area contributed by atoms with Gasteiger partial charge in [-0.1, -0.05) is 44.6 Å². The van der Waals surface area contributed by atoms with Gasteiger partial charge in [0, 0.05) is 0 Å². The van der Waals surface area contributed by atoms with Gasteiger partial charge in [0.2, 0.25) is 0 Å². The summed E-state index contributed by atoms with van der Waals surface area (Å²) in [5.41, 5.74) is 0. The second kappa shape index (κ2) is 11.5. The van der Waals surface area contributed by atoms with Gasteiger partial charge in [0.25, 0.3) is 0 Å². The van der Waals surface area contributed by atoms with E-state index in [1.54, 1.807) is 0 Å². The van der Waals surface area contributed by atoms with Crippen LogP contribution in [0.15, 0.2) is 41.6 Å². The van der Waals surface area contributed by atoms with E-state index in [1.807, 2.05) is 0 Å². The summed E-state index contributed by atoms with van der Waals surface area (Å²) < 4.78 is 5.99. The Labute approximate surface area is 163 Å². The molecule has 0 fully saturated rings. The molecule has 0 saturated carbocycles. The molecule has 0 atom stereocenters. The van der Waals surface area contributed by atoms with E-state index in [0.717, 1.165) is 25.2 Å². The predicted octanol–water partition coefficient (Wildman–Crippen LogP) is -1.98. The molecule has 1 radical (unpaired) electrons. The predicted molar refractivity (Wildman–Crippen MR) is 84.5 cm³/mol. The second-order valence-electron chi connectivity index (χ2n) is 5.52. The minimum Gasteiger partial charge on any atom is -1.00 e. The first-order chi connectivity index (χ1) is 9.16. The van der Waals surface area contributed by atoms with Gasteiger partial charge in [-0.3, -0.25) is 6.08 Å². The van der Waals surface area contributed by atoms with Crippen LogP contribution in [0.5, 0.6) is 5.75 Å². The molecular formula is C17H23Cl2OSiTi. The van der Waals surface area contributed by atoms with E-state index >= 15 is 0 Å². The van der Waals surface area contributed by atoms with Crippen LogP contribution in [0.2, 0.25) is 13.1 Å². The van der Waals surface area contributed by atoms with Gasteiger partial charge in [0.1, 0.15) is 5.75 Å². The van der Waals surface area contributed by atoms with Gasteiger partial charge < -0.3 is 29.6 Å². The zero-order valence-corrected chi connectivity index (χ0v) is 17.5. The molecule has 0 N–H and O–H groups in total. The Bertz CT molecular complexity index is 501. The average Bonchev–Trinajstić information content (AvgIpc) is 2.94. The molecule has 0 aliphatic heterocycles. The normalized spacial score (nSPS) is 12.6. The maximum atomic E-state index is 5.99. The van der Waals surface area contributed by atoms with Crippen LogP contribution in [0, 0.1) is 6.08 Å². The zero-order valence-electron chi connectivity index (χ0n) is 13.5. The minimum atomic E-state index is -1.66. The maximum absolute atomic E-state index is 5.99. The van der Waals surface area contributed by atoms with Crippen LogP contribution in [0.3, 0.4) is 0 Å². The molecule has 1 aromatic rings. The monoisotopic (exact) mass is 389 g/mol. The Kier molecular flexibility index (Phi) is 12.7. The number of ether oxygens (including phenoxy) is 1. The standard InChI is InChI=1S/C17H23OSi.2ClH.Ti/c1-4-5-14-18-16-12-8-9-13-17(16)19(2,3)15-10-6-7-11-15;;;/h6,8-10,12-13H,4-5,7,14H2,1-3H3;2*1H;/q-1;;;+3/p-2. The third kappa shape index (κ3) is 5.90. The molecular weight excluding hydrogens is 367 g/mol. The van der Waals surface area contributed by atoms with Crippen LogP contribution < -0.4 is 34.7 Å². The summed E-state index contributed by atoms with van der Waals surface area (Å²) in [4.78, 5) is 0. The molecule has 0 unspecified atom stereocenters.